The normalized spacial score (nSPS) is 14.4. The van der Waals surface area contributed by atoms with E-state index in [1.165, 1.54) is 11.3 Å². The summed E-state index contributed by atoms with van der Waals surface area (Å²) in [5.41, 5.74) is 4.86. The molecule has 0 atom stereocenters. The first kappa shape index (κ1) is 23.4. The number of benzene rings is 1. The van der Waals surface area contributed by atoms with Gasteiger partial charge in [-0.3, -0.25) is 9.59 Å². The molecule has 2 aliphatic rings. The molecule has 0 radical (unpaired) electrons. The molecule has 186 valence electrons. The number of fused-ring (bicyclic) bond motifs is 3. The largest absolute Gasteiger partial charge is 0.363 e. The fourth-order valence-electron chi connectivity index (χ4n) is 4.56. The van der Waals surface area contributed by atoms with Crippen molar-refractivity contribution in [2.45, 2.75) is 25.3 Å². The lowest BCUT2D eigenvalue weighted by molar-refractivity contribution is 0.0952. The summed E-state index contributed by atoms with van der Waals surface area (Å²) in [6.07, 6.45) is 4.56. The number of hydrogen-bond acceptors (Lipinski definition) is 6. The van der Waals surface area contributed by atoms with E-state index in [1.54, 1.807) is 12.3 Å². The predicted molar refractivity (Wildman–Crippen MR) is 147 cm³/mol. The molecule has 0 unspecified atom stereocenters. The van der Waals surface area contributed by atoms with E-state index in [1.807, 2.05) is 78.5 Å². The first-order valence-electron chi connectivity index (χ1n) is 12.4. The van der Waals surface area contributed by atoms with Crippen LogP contribution in [0.5, 0.6) is 0 Å². The van der Waals surface area contributed by atoms with E-state index in [2.05, 4.69) is 10.3 Å². The molecule has 2 amide bonds. The monoisotopic (exact) mass is 509 g/mol. The molecule has 0 bridgehead atoms. The van der Waals surface area contributed by atoms with Crippen LogP contribution in [-0.2, 0) is 6.42 Å². The average Bonchev–Trinajstić information content (AvgIpc) is 3.67. The molecule has 6 rings (SSSR count). The molecule has 4 heterocycles. The molecule has 1 saturated carbocycles. The standard InChI is InChI=1S/C29H27N5O2S/c1-33(2)26-13-10-19(17-30-26)22-7-5-8-23(32-22)29(36)34-15-14-18-16-25(28(35)31-20-11-12-20)37-27(18)21-6-3-4-9-24(21)34/h3-10,13,16-17,20H,11-12,14-15H2,1-2H3,(H,31,35). The van der Waals surface area contributed by atoms with Gasteiger partial charge in [-0.05, 0) is 61.2 Å². The van der Waals surface area contributed by atoms with Crippen LogP contribution in [0.2, 0.25) is 0 Å². The number of carbonyl (C=O) groups is 2. The number of pyridine rings is 2. The maximum Gasteiger partial charge on any atom is 0.276 e. The zero-order valence-corrected chi connectivity index (χ0v) is 21.6. The lowest BCUT2D eigenvalue weighted by Gasteiger charge is -2.23. The second-order valence-electron chi connectivity index (χ2n) is 9.64. The predicted octanol–water partition coefficient (Wildman–Crippen LogP) is 5.03. The van der Waals surface area contributed by atoms with Crippen LogP contribution in [0.15, 0.2) is 66.9 Å². The smallest absolute Gasteiger partial charge is 0.276 e. The Bertz CT molecular complexity index is 1490. The highest BCUT2D eigenvalue weighted by Crippen LogP contribution is 2.42. The molecule has 3 aromatic heterocycles. The Labute approximate surface area is 219 Å². The number of hydrogen-bond donors (Lipinski definition) is 1. The van der Waals surface area contributed by atoms with Gasteiger partial charge >= 0.3 is 0 Å². The maximum absolute atomic E-state index is 13.8. The van der Waals surface area contributed by atoms with Crippen LogP contribution in [0.4, 0.5) is 11.5 Å². The number of nitrogens with one attached hydrogen (secondary N) is 1. The highest BCUT2D eigenvalue weighted by molar-refractivity contribution is 7.17. The zero-order valence-electron chi connectivity index (χ0n) is 20.8. The first-order valence-corrected chi connectivity index (χ1v) is 13.3. The van der Waals surface area contributed by atoms with Crippen molar-refractivity contribution in [2.75, 3.05) is 30.4 Å². The van der Waals surface area contributed by atoms with Crippen LogP contribution in [0.25, 0.3) is 21.7 Å². The molecule has 1 fully saturated rings. The van der Waals surface area contributed by atoms with Gasteiger partial charge in [0.15, 0.2) is 0 Å². The van der Waals surface area contributed by atoms with E-state index >= 15 is 0 Å². The zero-order chi connectivity index (χ0) is 25.5. The van der Waals surface area contributed by atoms with Crippen LogP contribution >= 0.6 is 11.3 Å². The average molecular weight is 510 g/mol. The molecule has 0 spiro atoms. The lowest BCUT2D eigenvalue weighted by atomic mass is 10.1. The van der Waals surface area contributed by atoms with Gasteiger partial charge in [-0.25, -0.2) is 9.97 Å². The van der Waals surface area contributed by atoms with Crippen molar-refractivity contribution < 1.29 is 9.59 Å². The van der Waals surface area contributed by atoms with Gasteiger partial charge in [-0.2, -0.15) is 0 Å². The van der Waals surface area contributed by atoms with E-state index in [0.717, 1.165) is 50.8 Å². The minimum atomic E-state index is -0.144. The fourth-order valence-corrected chi connectivity index (χ4v) is 5.71. The molecule has 8 heteroatoms. The molecular weight excluding hydrogens is 482 g/mol. The number of carbonyl (C=O) groups excluding carboxylic acids is 2. The molecule has 1 N–H and O–H groups in total. The van der Waals surface area contributed by atoms with Crippen LogP contribution in [0.3, 0.4) is 0 Å². The van der Waals surface area contributed by atoms with E-state index in [4.69, 9.17) is 4.98 Å². The van der Waals surface area contributed by atoms with Gasteiger partial charge in [0.2, 0.25) is 0 Å². The van der Waals surface area contributed by atoms with E-state index in [-0.39, 0.29) is 11.8 Å². The van der Waals surface area contributed by atoms with Gasteiger partial charge in [0.25, 0.3) is 11.8 Å². The van der Waals surface area contributed by atoms with Crippen molar-refractivity contribution >= 4 is 34.7 Å². The number of thiophene rings is 1. The van der Waals surface area contributed by atoms with E-state index in [9.17, 15) is 9.59 Å². The second kappa shape index (κ2) is 9.44. The molecule has 1 aromatic carbocycles. The Hall–Kier alpha value is -4.04. The van der Waals surface area contributed by atoms with Gasteiger partial charge in [-0.15, -0.1) is 11.3 Å². The summed E-state index contributed by atoms with van der Waals surface area (Å²) in [5.74, 6) is 0.715. The fraction of sp³-hybridized carbons (Fsp3) is 0.241. The Balaban J connectivity index is 1.31. The third-order valence-electron chi connectivity index (χ3n) is 6.70. The minimum absolute atomic E-state index is 0.0000984. The van der Waals surface area contributed by atoms with E-state index in [0.29, 0.717) is 30.4 Å². The minimum Gasteiger partial charge on any atom is -0.363 e. The van der Waals surface area contributed by atoms with Crippen molar-refractivity contribution in [3.63, 3.8) is 0 Å². The molecule has 1 aliphatic carbocycles. The summed E-state index contributed by atoms with van der Waals surface area (Å²) in [5, 5.41) is 3.09. The summed E-state index contributed by atoms with van der Waals surface area (Å²) < 4.78 is 0. The molecule has 4 aromatic rings. The Morgan fingerprint density at radius 3 is 2.65 bits per heavy atom. The summed E-state index contributed by atoms with van der Waals surface area (Å²) in [7, 11) is 3.89. The highest BCUT2D eigenvalue weighted by atomic mass is 32.1. The number of nitrogens with zero attached hydrogens (tertiary/aromatic N) is 4. The van der Waals surface area contributed by atoms with Crippen molar-refractivity contribution in [3.8, 4) is 21.7 Å². The summed E-state index contributed by atoms with van der Waals surface area (Å²) in [6.45, 7) is 0.508. The maximum atomic E-state index is 13.8. The third-order valence-corrected chi connectivity index (χ3v) is 7.91. The summed E-state index contributed by atoms with van der Waals surface area (Å²) >= 11 is 1.51. The molecular formula is C29H27N5O2S. The van der Waals surface area contributed by atoms with Gasteiger partial charge in [0.1, 0.15) is 11.5 Å². The van der Waals surface area contributed by atoms with Crippen LogP contribution in [-0.4, -0.2) is 48.5 Å². The summed E-state index contributed by atoms with van der Waals surface area (Å²) in [4.78, 5) is 41.2. The van der Waals surface area contributed by atoms with Crippen LogP contribution < -0.4 is 15.1 Å². The van der Waals surface area contributed by atoms with Crippen molar-refractivity contribution in [1.29, 1.82) is 0 Å². The quantitative estimate of drug-likeness (QED) is 0.408. The Kier molecular flexibility index (Phi) is 5.96. The van der Waals surface area contributed by atoms with Gasteiger partial charge in [0.05, 0.1) is 16.3 Å². The lowest BCUT2D eigenvalue weighted by Crippen LogP contribution is -2.33. The van der Waals surface area contributed by atoms with Crippen molar-refractivity contribution in [3.05, 3.63) is 83.0 Å². The topological polar surface area (TPSA) is 78.4 Å². The van der Waals surface area contributed by atoms with Gasteiger partial charge < -0.3 is 15.1 Å². The molecule has 7 nitrogen and oxygen atoms in total. The summed E-state index contributed by atoms with van der Waals surface area (Å²) in [6, 6.07) is 19.7. The van der Waals surface area contributed by atoms with Gasteiger partial charge in [-0.1, -0.05) is 24.3 Å². The van der Waals surface area contributed by atoms with Crippen LogP contribution in [0.1, 0.15) is 38.6 Å². The number of aromatic nitrogens is 2. The number of para-hydroxylation sites is 1. The Morgan fingerprint density at radius 1 is 1.05 bits per heavy atom. The third kappa shape index (κ3) is 4.60. The molecule has 1 aliphatic heterocycles. The molecule has 0 saturated heterocycles. The van der Waals surface area contributed by atoms with Crippen molar-refractivity contribution in [1.82, 2.24) is 15.3 Å². The highest BCUT2D eigenvalue weighted by Gasteiger charge is 2.29. The number of amides is 2. The van der Waals surface area contributed by atoms with Crippen molar-refractivity contribution in [2.24, 2.45) is 0 Å². The number of anilines is 2. The second-order valence-corrected chi connectivity index (χ2v) is 10.7. The van der Waals surface area contributed by atoms with Gasteiger partial charge in [0, 0.05) is 48.9 Å². The first-order chi connectivity index (χ1) is 18.0. The van der Waals surface area contributed by atoms with E-state index < -0.39 is 0 Å². The van der Waals surface area contributed by atoms with Crippen LogP contribution in [0, 0.1) is 0 Å². The molecule has 37 heavy (non-hydrogen) atoms. The Morgan fingerprint density at radius 2 is 1.89 bits per heavy atom. The SMILES string of the molecule is CN(C)c1ccc(-c2cccc(C(=O)N3CCc4cc(C(=O)NC5CC5)sc4-c4ccccc43)n2)cn1. The number of rotatable bonds is 5.